The fraction of sp³-hybridized carbons (Fsp3) is 0.263. The van der Waals surface area contributed by atoms with Crippen molar-refractivity contribution in [3.05, 3.63) is 65.2 Å². The summed E-state index contributed by atoms with van der Waals surface area (Å²) in [5, 5.41) is 2.95. The van der Waals surface area contributed by atoms with E-state index in [1.807, 2.05) is 24.3 Å². The fourth-order valence-electron chi connectivity index (χ4n) is 2.37. The zero-order valence-electron chi connectivity index (χ0n) is 13.6. The Morgan fingerprint density at radius 2 is 1.83 bits per heavy atom. The lowest BCUT2D eigenvalue weighted by atomic mass is 10.0. The third kappa shape index (κ3) is 4.42. The molecule has 23 heavy (non-hydrogen) atoms. The maximum absolute atomic E-state index is 12.5. The molecule has 0 heterocycles. The number of para-hydroxylation sites is 1. The molecular formula is C19H21NO3. The molecule has 120 valence electrons. The second-order valence-corrected chi connectivity index (χ2v) is 5.65. The van der Waals surface area contributed by atoms with Gasteiger partial charge in [0.15, 0.2) is 0 Å². The van der Waals surface area contributed by atoms with Crippen LogP contribution in [0.5, 0.6) is 0 Å². The van der Waals surface area contributed by atoms with Crippen LogP contribution in [-0.4, -0.2) is 19.0 Å². The van der Waals surface area contributed by atoms with Gasteiger partial charge in [0.2, 0.25) is 0 Å². The standard InChI is InChI=1S/C19H21NO3/c1-13(2)16-9-4-5-10-17(16)20-19(22)15-8-6-7-14(11-15)12-18(21)23-3/h4-11,13H,12H2,1-3H3,(H,20,22). The summed E-state index contributed by atoms with van der Waals surface area (Å²) in [5.41, 5.74) is 3.17. The van der Waals surface area contributed by atoms with E-state index in [9.17, 15) is 9.59 Å². The third-order valence-corrected chi connectivity index (χ3v) is 3.60. The molecule has 2 aromatic carbocycles. The highest BCUT2D eigenvalue weighted by Crippen LogP contribution is 2.24. The number of hydrogen-bond acceptors (Lipinski definition) is 3. The first-order chi connectivity index (χ1) is 11.0. The van der Waals surface area contributed by atoms with E-state index in [0.717, 1.165) is 16.8 Å². The topological polar surface area (TPSA) is 55.4 Å². The van der Waals surface area contributed by atoms with Crippen molar-refractivity contribution in [1.29, 1.82) is 0 Å². The zero-order valence-corrected chi connectivity index (χ0v) is 13.6. The molecule has 0 aliphatic heterocycles. The molecule has 2 rings (SSSR count). The van der Waals surface area contributed by atoms with Gasteiger partial charge in [-0.25, -0.2) is 0 Å². The van der Waals surface area contributed by atoms with Crippen LogP contribution in [0.2, 0.25) is 0 Å². The first kappa shape index (κ1) is 16.7. The van der Waals surface area contributed by atoms with Crippen molar-refractivity contribution >= 4 is 17.6 Å². The van der Waals surface area contributed by atoms with E-state index in [0.29, 0.717) is 11.5 Å². The molecule has 0 atom stereocenters. The van der Waals surface area contributed by atoms with Crippen LogP contribution in [-0.2, 0) is 16.0 Å². The molecule has 1 N–H and O–H groups in total. The van der Waals surface area contributed by atoms with Crippen molar-refractivity contribution < 1.29 is 14.3 Å². The first-order valence-corrected chi connectivity index (χ1v) is 7.57. The van der Waals surface area contributed by atoms with Crippen LogP contribution in [0.3, 0.4) is 0 Å². The Hall–Kier alpha value is -2.62. The molecule has 0 aliphatic carbocycles. The number of methoxy groups -OCH3 is 1. The smallest absolute Gasteiger partial charge is 0.309 e. The van der Waals surface area contributed by atoms with Gasteiger partial charge in [-0.2, -0.15) is 0 Å². The predicted molar refractivity (Wildman–Crippen MR) is 90.6 cm³/mol. The summed E-state index contributed by atoms with van der Waals surface area (Å²) < 4.78 is 4.65. The van der Waals surface area contributed by atoms with Crippen molar-refractivity contribution in [2.75, 3.05) is 12.4 Å². The first-order valence-electron chi connectivity index (χ1n) is 7.57. The minimum Gasteiger partial charge on any atom is -0.469 e. The van der Waals surface area contributed by atoms with Gasteiger partial charge >= 0.3 is 5.97 Å². The van der Waals surface area contributed by atoms with Gasteiger partial charge in [0.1, 0.15) is 0 Å². The van der Waals surface area contributed by atoms with Gasteiger partial charge in [0.05, 0.1) is 13.5 Å². The molecule has 0 fully saturated rings. The molecular weight excluding hydrogens is 290 g/mol. The fourth-order valence-corrected chi connectivity index (χ4v) is 2.37. The summed E-state index contributed by atoms with van der Waals surface area (Å²) in [5.74, 6) is -0.199. The van der Waals surface area contributed by atoms with Crippen LogP contribution < -0.4 is 5.32 Å². The number of nitrogens with one attached hydrogen (secondary N) is 1. The van der Waals surface area contributed by atoms with Gasteiger partial charge in [-0.15, -0.1) is 0 Å². The highest BCUT2D eigenvalue weighted by molar-refractivity contribution is 6.04. The lowest BCUT2D eigenvalue weighted by molar-refractivity contribution is -0.139. The van der Waals surface area contributed by atoms with E-state index in [4.69, 9.17) is 0 Å². The van der Waals surface area contributed by atoms with Gasteiger partial charge in [-0.05, 0) is 35.2 Å². The molecule has 0 radical (unpaired) electrons. The van der Waals surface area contributed by atoms with Crippen LogP contribution in [0.25, 0.3) is 0 Å². The van der Waals surface area contributed by atoms with Crippen LogP contribution in [0.1, 0.15) is 41.3 Å². The molecule has 0 aliphatic rings. The van der Waals surface area contributed by atoms with E-state index >= 15 is 0 Å². The molecule has 0 saturated heterocycles. The minimum atomic E-state index is -0.326. The second kappa shape index (κ2) is 7.58. The number of benzene rings is 2. The molecule has 4 nitrogen and oxygen atoms in total. The Kier molecular flexibility index (Phi) is 5.52. The maximum atomic E-state index is 12.5. The van der Waals surface area contributed by atoms with E-state index in [-0.39, 0.29) is 18.3 Å². The average molecular weight is 311 g/mol. The van der Waals surface area contributed by atoms with E-state index in [1.165, 1.54) is 7.11 Å². The van der Waals surface area contributed by atoms with Crippen molar-refractivity contribution in [2.45, 2.75) is 26.2 Å². The minimum absolute atomic E-state index is 0.153. The van der Waals surface area contributed by atoms with E-state index < -0.39 is 0 Å². The van der Waals surface area contributed by atoms with Gasteiger partial charge < -0.3 is 10.1 Å². The highest BCUT2D eigenvalue weighted by atomic mass is 16.5. The zero-order chi connectivity index (χ0) is 16.8. The largest absolute Gasteiger partial charge is 0.469 e. The number of esters is 1. The van der Waals surface area contributed by atoms with Crippen LogP contribution in [0.4, 0.5) is 5.69 Å². The van der Waals surface area contributed by atoms with Crippen LogP contribution >= 0.6 is 0 Å². The predicted octanol–water partition coefficient (Wildman–Crippen LogP) is 3.78. The highest BCUT2D eigenvalue weighted by Gasteiger charge is 2.12. The summed E-state index contributed by atoms with van der Waals surface area (Å²) in [6.07, 6.45) is 0.153. The molecule has 0 spiro atoms. The SMILES string of the molecule is COC(=O)Cc1cccc(C(=O)Nc2ccccc2C(C)C)c1. The van der Waals surface area contributed by atoms with Gasteiger partial charge in [-0.3, -0.25) is 9.59 Å². The average Bonchev–Trinajstić information content (AvgIpc) is 2.55. The lowest BCUT2D eigenvalue weighted by Gasteiger charge is -2.14. The van der Waals surface area contributed by atoms with E-state index in [1.54, 1.807) is 24.3 Å². The Bertz CT molecular complexity index is 707. The number of carbonyl (C=O) groups excluding carboxylic acids is 2. The van der Waals surface area contributed by atoms with Crippen molar-refractivity contribution in [3.63, 3.8) is 0 Å². The maximum Gasteiger partial charge on any atom is 0.309 e. The van der Waals surface area contributed by atoms with Crippen LogP contribution in [0.15, 0.2) is 48.5 Å². The summed E-state index contributed by atoms with van der Waals surface area (Å²) in [6.45, 7) is 4.17. The Labute approximate surface area is 136 Å². The number of anilines is 1. The van der Waals surface area contributed by atoms with Gasteiger partial charge in [0, 0.05) is 11.3 Å². The summed E-state index contributed by atoms with van der Waals surface area (Å²) in [7, 11) is 1.35. The number of ether oxygens (including phenoxy) is 1. The number of carbonyl (C=O) groups is 2. The number of amides is 1. The molecule has 4 heteroatoms. The van der Waals surface area contributed by atoms with Gasteiger partial charge in [-0.1, -0.05) is 44.2 Å². The molecule has 0 aromatic heterocycles. The van der Waals surface area contributed by atoms with Crippen molar-refractivity contribution in [2.24, 2.45) is 0 Å². The molecule has 0 saturated carbocycles. The van der Waals surface area contributed by atoms with Crippen molar-refractivity contribution in [1.82, 2.24) is 0 Å². The quantitative estimate of drug-likeness (QED) is 0.855. The second-order valence-electron chi connectivity index (χ2n) is 5.65. The van der Waals surface area contributed by atoms with E-state index in [2.05, 4.69) is 23.9 Å². The third-order valence-electron chi connectivity index (χ3n) is 3.60. The summed E-state index contributed by atoms with van der Waals surface area (Å²) >= 11 is 0. The Balaban J connectivity index is 2.18. The number of hydrogen-bond donors (Lipinski definition) is 1. The van der Waals surface area contributed by atoms with Gasteiger partial charge in [0.25, 0.3) is 5.91 Å². The van der Waals surface area contributed by atoms with Crippen LogP contribution in [0, 0.1) is 0 Å². The Morgan fingerprint density at radius 1 is 1.09 bits per heavy atom. The summed E-state index contributed by atoms with van der Waals surface area (Å²) in [4.78, 5) is 23.8. The molecule has 0 unspecified atom stereocenters. The Morgan fingerprint density at radius 3 is 2.52 bits per heavy atom. The monoisotopic (exact) mass is 311 g/mol. The number of rotatable bonds is 5. The normalized spacial score (nSPS) is 10.4. The molecule has 2 aromatic rings. The molecule has 1 amide bonds. The molecule has 0 bridgehead atoms. The lowest BCUT2D eigenvalue weighted by Crippen LogP contribution is -2.14. The summed E-state index contributed by atoms with van der Waals surface area (Å²) in [6, 6.07) is 14.8. The van der Waals surface area contributed by atoms with Crippen molar-refractivity contribution in [3.8, 4) is 0 Å².